The van der Waals surface area contributed by atoms with Crippen LogP contribution in [0.2, 0.25) is 5.28 Å². The number of rotatable bonds is 3. The highest BCUT2D eigenvalue weighted by Crippen LogP contribution is 2.32. The predicted molar refractivity (Wildman–Crippen MR) is 95.6 cm³/mol. The Morgan fingerprint density at radius 3 is 2.69 bits per heavy atom. The molecule has 4 rings (SSSR count). The van der Waals surface area contributed by atoms with Crippen molar-refractivity contribution >= 4 is 34.5 Å². The number of morpholine rings is 1. The maximum absolute atomic E-state index is 12.5. The molecule has 0 bridgehead atoms. The number of ether oxygens (including phenoxy) is 2. The van der Waals surface area contributed by atoms with Crippen LogP contribution in [0.25, 0.3) is 11.2 Å². The highest BCUT2D eigenvalue weighted by molar-refractivity contribution is 6.28. The number of aromatic nitrogens is 4. The summed E-state index contributed by atoms with van der Waals surface area (Å²) in [4.78, 5) is 27.9. The number of carbonyl (C=O) groups is 1. The van der Waals surface area contributed by atoms with Gasteiger partial charge >= 0.3 is 0 Å². The summed E-state index contributed by atoms with van der Waals surface area (Å²) in [7, 11) is 1.58. The van der Waals surface area contributed by atoms with Gasteiger partial charge in [0, 0.05) is 26.7 Å². The molecule has 2 aromatic heterocycles. The number of hydrogen-bond donors (Lipinski definition) is 1. The molecule has 0 radical (unpaired) electrons. The first kappa shape index (κ1) is 17.4. The van der Waals surface area contributed by atoms with Crippen molar-refractivity contribution in [2.24, 2.45) is 0 Å². The van der Waals surface area contributed by atoms with Crippen LogP contribution in [0.1, 0.15) is 36.1 Å². The van der Waals surface area contributed by atoms with E-state index in [1.165, 1.54) is 0 Å². The maximum Gasteiger partial charge on any atom is 0.287 e. The van der Waals surface area contributed by atoms with E-state index < -0.39 is 0 Å². The topological polar surface area (TPSA) is 94.4 Å². The lowest BCUT2D eigenvalue weighted by Crippen LogP contribution is -2.37. The zero-order chi connectivity index (χ0) is 18.1. The minimum atomic E-state index is -0.291. The summed E-state index contributed by atoms with van der Waals surface area (Å²) in [6.45, 7) is 3.23. The van der Waals surface area contributed by atoms with Crippen LogP contribution in [0.5, 0.6) is 0 Å². The molecule has 1 N–H and O–H groups in total. The summed E-state index contributed by atoms with van der Waals surface area (Å²) in [5.74, 6) is 0.602. The predicted octanol–water partition coefficient (Wildman–Crippen LogP) is 1.37. The molecule has 1 atom stereocenters. The van der Waals surface area contributed by atoms with Gasteiger partial charge in [-0.1, -0.05) is 0 Å². The largest absolute Gasteiger partial charge is 0.378 e. The second kappa shape index (κ2) is 7.34. The van der Waals surface area contributed by atoms with Crippen LogP contribution >= 0.6 is 11.6 Å². The highest BCUT2D eigenvalue weighted by atomic mass is 35.5. The Kier molecular flexibility index (Phi) is 4.92. The van der Waals surface area contributed by atoms with Gasteiger partial charge in [-0.3, -0.25) is 9.36 Å². The van der Waals surface area contributed by atoms with E-state index >= 15 is 0 Å². The van der Waals surface area contributed by atoms with Gasteiger partial charge in [-0.2, -0.15) is 9.97 Å². The summed E-state index contributed by atoms with van der Waals surface area (Å²) in [5, 5.41) is 2.77. The molecule has 2 aliphatic heterocycles. The number of carbonyl (C=O) groups excluding carboxylic acids is 1. The number of halogens is 1. The second-order valence-electron chi connectivity index (χ2n) is 6.29. The smallest absolute Gasteiger partial charge is 0.287 e. The first-order chi connectivity index (χ1) is 12.7. The molecule has 0 aliphatic carbocycles. The van der Waals surface area contributed by atoms with Crippen LogP contribution in [0.4, 0.5) is 5.82 Å². The van der Waals surface area contributed by atoms with Crippen molar-refractivity contribution in [2.75, 3.05) is 44.9 Å². The van der Waals surface area contributed by atoms with Gasteiger partial charge in [-0.05, 0) is 30.9 Å². The molecule has 1 unspecified atom stereocenters. The van der Waals surface area contributed by atoms with Crippen molar-refractivity contribution in [3.63, 3.8) is 0 Å². The van der Waals surface area contributed by atoms with Crippen molar-refractivity contribution in [1.29, 1.82) is 0 Å². The van der Waals surface area contributed by atoms with Gasteiger partial charge in [-0.15, -0.1) is 0 Å². The third-order valence-electron chi connectivity index (χ3n) is 4.68. The first-order valence-corrected chi connectivity index (χ1v) is 9.18. The lowest BCUT2D eigenvalue weighted by atomic mass is 10.2. The maximum atomic E-state index is 12.5. The Morgan fingerprint density at radius 1 is 1.19 bits per heavy atom. The minimum absolute atomic E-state index is 0.124. The third-order valence-corrected chi connectivity index (χ3v) is 4.85. The van der Waals surface area contributed by atoms with Gasteiger partial charge in [0.2, 0.25) is 11.1 Å². The van der Waals surface area contributed by atoms with E-state index in [0.29, 0.717) is 49.9 Å². The van der Waals surface area contributed by atoms with Crippen LogP contribution in [0.15, 0.2) is 0 Å². The number of amides is 1. The van der Waals surface area contributed by atoms with E-state index in [1.54, 1.807) is 11.6 Å². The molecule has 4 heterocycles. The van der Waals surface area contributed by atoms with E-state index in [2.05, 4.69) is 25.2 Å². The quantitative estimate of drug-likeness (QED) is 0.803. The normalized spacial score (nSPS) is 21.2. The molecule has 10 heteroatoms. The second-order valence-corrected chi connectivity index (χ2v) is 6.63. The van der Waals surface area contributed by atoms with Crippen LogP contribution in [-0.2, 0) is 9.47 Å². The zero-order valence-corrected chi connectivity index (χ0v) is 15.3. The van der Waals surface area contributed by atoms with Crippen molar-refractivity contribution in [1.82, 2.24) is 24.8 Å². The molecule has 0 aromatic carbocycles. The molecule has 0 spiro atoms. The number of anilines is 1. The number of nitrogens with one attached hydrogen (secondary N) is 1. The molecular weight excluding hydrogens is 360 g/mol. The fraction of sp³-hybridized carbons (Fsp3) is 0.625. The van der Waals surface area contributed by atoms with Crippen LogP contribution in [0, 0.1) is 0 Å². The Morgan fingerprint density at radius 2 is 2.00 bits per heavy atom. The monoisotopic (exact) mass is 380 g/mol. The summed E-state index contributed by atoms with van der Waals surface area (Å²) in [6.07, 6.45) is 2.54. The Labute approximate surface area is 155 Å². The Hall–Kier alpha value is -1.97. The highest BCUT2D eigenvalue weighted by Gasteiger charge is 2.29. The SMILES string of the molecule is CNC(=O)c1nc2c(N3CCOCC3)nc(Cl)nc2n1C1CCCCO1. The molecule has 140 valence electrons. The number of hydrogen-bond acceptors (Lipinski definition) is 7. The van der Waals surface area contributed by atoms with Crippen LogP contribution in [-0.4, -0.2) is 65.4 Å². The molecule has 9 nitrogen and oxygen atoms in total. The summed E-state index contributed by atoms with van der Waals surface area (Å²) in [5.41, 5.74) is 1.08. The molecule has 2 fully saturated rings. The van der Waals surface area contributed by atoms with Crippen LogP contribution in [0.3, 0.4) is 0 Å². The summed E-state index contributed by atoms with van der Waals surface area (Å²) >= 11 is 6.21. The van der Waals surface area contributed by atoms with Crippen molar-refractivity contribution in [3.05, 3.63) is 11.1 Å². The molecule has 2 aromatic rings. The Bertz CT molecular complexity index is 814. The van der Waals surface area contributed by atoms with E-state index in [-0.39, 0.29) is 23.2 Å². The molecule has 26 heavy (non-hydrogen) atoms. The number of fused-ring (bicyclic) bond motifs is 1. The molecular formula is C16H21ClN6O3. The average Bonchev–Trinajstić information content (AvgIpc) is 3.07. The Balaban J connectivity index is 1.89. The average molecular weight is 381 g/mol. The van der Waals surface area contributed by atoms with E-state index in [0.717, 1.165) is 19.3 Å². The van der Waals surface area contributed by atoms with Crippen molar-refractivity contribution in [2.45, 2.75) is 25.5 Å². The van der Waals surface area contributed by atoms with Gasteiger partial charge in [0.1, 0.15) is 6.23 Å². The van der Waals surface area contributed by atoms with Gasteiger partial charge in [0.15, 0.2) is 17.0 Å². The summed E-state index contributed by atoms with van der Waals surface area (Å²) in [6, 6.07) is 0. The zero-order valence-electron chi connectivity index (χ0n) is 14.6. The van der Waals surface area contributed by atoms with Gasteiger partial charge in [0.05, 0.1) is 13.2 Å². The minimum Gasteiger partial charge on any atom is -0.378 e. The number of nitrogens with zero attached hydrogens (tertiary/aromatic N) is 5. The molecule has 0 saturated carbocycles. The molecule has 2 aliphatic rings. The van der Waals surface area contributed by atoms with E-state index in [9.17, 15) is 4.79 Å². The number of imidazole rings is 1. The van der Waals surface area contributed by atoms with E-state index in [4.69, 9.17) is 21.1 Å². The van der Waals surface area contributed by atoms with Gasteiger partial charge in [-0.25, -0.2) is 4.98 Å². The van der Waals surface area contributed by atoms with Crippen molar-refractivity contribution in [3.8, 4) is 0 Å². The van der Waals surface area contributed by atoms with Gasteiger partial charge < -0.3 is 19.7 Å². The van der Waals surface area contributed by atoms with E-state index in [1.807, 2.05) is 0 Å². The van der Waals surface area contributed by atoms with Crippen LogP contribution < -0.4 is 10.2 Å². The lowest BCUT2D eigenvalue weighted by Gasteiger charge is -2.28. The fourth-order valence-electron chi connectivity index (χ4n) is 3.40. The van der Waals surface area contributed by atoms with Gasteiger partial charge in [0.25, 0.3) is 5.91 Å². The third kappa shape index (κ3) is 3.10. The summed E-state index contributed by atoms with van der Waals surface area (Å²) < 4.78 is 13.1. The molecule has 2 saturated heterocycles. The standard InChI is InChI=1S/C16H21ClN6O3/c1-18-15(24)14-19-11-12(22-5-8-25-9-6-22)20-16(17)21-13(11)23(14)10-4-2-3-7-26-10/h10H,2-9H2,1H3,(H,18,24). The van der Waals surface area contributed by atoms with Crippen molar-refractivity contribution < 1.29 is 14.3 Å². The lowest BCUT2D eigenvalue weighted by molar-refractivity contribution is -0.0309. The fourth-order valence-corrected chi connectivity index (χ4v) is 3.56. The first-order valence-electron chi connectivity index (χ1n) is 8.81. The molecule has 1 amide bonds.